The van der Waals surface area contributed by atoms with Crippen LogP contribution in [-0.4, -0.2) is 4.98 Å². The molecule has 1 nitrogen and oxygen atoms in total. The van der Waals surface area contributed by atoms with Crippen LogP contribution in [0.1, 0.15) is 5.56 Å². The molecule has 0 aliphatic heterocycles. The van der Waals surface area contributed by atoms with Crippen molar-refractivity contribution in [1.29, 1.82) is 0 Å². The summed E-state index contributed by atoms with van der Waals surface area (Å²) in [6, 6.07) is 8.75. The quantitative estimate of drug-likeness (QED) is 0.745. The molecule has 0 radical (unpaired) electrons. The third-order valence-corrected chi connectivity index (χ3v) is 2.77. The van der Waals surface area contributed by atoms with Crippen LogP contribution < -0.4 is 0 Å². The van der Waals surface area contributed by atoms with E-state index in [1.54, 1.807) is 30.3 Å². The fraction of sp³-hybridized carbons (Fsp3) is 0.0833. The van der Waals surface area contributed by atoms with Gasteiger partial charge in [-0.3, -0.25) is 0 Å². The molecular formula is C12H8F3NS. The monoisotopic (exact) mass is 255 g/mol. The second kappa shape index (κ2) is 4.33. The van der Waals surface area contributed by atoms with Gasteiger partial charge in [0.1, 0.15) is 0 Å². The number of hydrogen-bond acceptors (Lipinski definition) is 1. The first-order valence-corrected chi connectivity index (χ1v) is 5.24. The fourth-order valence-electron chi connectivity index (χ4n) is 1.53. The standard InChI is InChI=1S/C12H8F3NS/c13-12(14,15)10-7-16-6-9(11(10)17)8-4-2-1-3-5-8/h1-7H,(H,16,17). The van der Waals surface area contributed by atoms with Gasteiger partial charge in [-0.05, 0) is 5.56 Å². The molecule has 88 valence electrons. The summed E-state index contributed by atoms with van der Waals surface area (Å²) in [4.78, 5) is 2.49. The van der Waals surface area contributed by atoms with Crippen molar-refractivity contribution in [3.8, 4) is 11.1 Å². The summed E-state index contributed by atoms with van der Waals surface area (Å²) in [6.45, 7) is 0. The van der Waals surface area contributed by atoms with Crippen molar-refractivity contribution in [1.82, 2.24) is 4.98 Å². The molecule has 2 rings (SSSR count). The van der Waals surface area contributed by atoms with Crippen LogP contribution in [-0.2, 0) is 6.18 Å². The molecule has 1 aromatic carbocycles. The van der Waals surface area contributed by atoms with E-state index in [-0.39, 0.29) is 4.51 Å². The Morgan fingerprint density at radius 1 is 1.00 bits per heavy atom. The Hall–Kier alpha value is -1.62. The summed E-state index contributed by atoms with van der Waals surface area (Å²) in [5, 5.41) is 0. The molecule has 0 atom stereocenters. The third-order valence-electron chi connectivity index (χ3n) is 2.33. The molecule has 0 saturated heterocycles. The first-order valence-electron chi connectivity index (χ1n) is 4.84. The second-order valence-electron chi connectivity index (χ2n) is 3.48. The van der Waals surface area contributed by atoms with Crippen molar-refractivity contribution in [2.24, 2.45) is 0 Å². The van der Waals surface area contributed by atoms with Gasteiger partial charge in [0.25, 0.3) is 0 Å². The molecule has 0 aliphatic carbocycles. The number of halogens is 3. The lowest BCUT2D eigenvalue weighted by Crippen LogP contribution is -2.07. The summed E-state index contributed by atoms with van der Waals surface area (Å²) in [5.74, 6) is 0. The van der Waals surface area contributed by atoms with Crippen molar-refractivity contribution in [3.05, 3.63) is 52.8 Å². The van der Waals surface area contributed by atoms with Gasteiger partial charge in [0.05, 0.1) is 10.1 Å². The Balaban J connectivity index is 2.63. The molecule has 2 aromatic rings. The molecule has 1 N–H and O–H groups in total. The average molecular weight is 255 g/mol. The summed E-state index contributed by atoms with van der Waals surface area (Å²) in [6.07, 6.45) is -2.07. The van der Waals surface area contributed by atoms with E-state index >= 15 is 0 Å². The second-order valence-corrected chi connectivity index (χ2v) is 3.88. The lowest BCUT2D eigenvalue weighted by molar-refractivity contribution is -0.138. The summed E-state index contributed by atoms with van der Waals surface area (Å²) in [7, 11) is 0. The SMILES string of the molecule is FC(F)(F)c1c[nH]cc(-c2ccccc2)c1=S. The smallest absolute Gasteiger partial charge is 0.366 e. The van der Waals surface area contributed by atoms with Crippen molar-refractivity contribution in [2.75, 3.05) is 0 Å². The Labute approximate surface area is 101 Å². The number of nitrogens with one attached hydrogen (secondary N) is 1. The highest BCUT2D eigenvalue weighted by molar-refractivity contribution is 7.71. The van der Waals surface area contributed by atoms with E-state index < -0.39 is 11.7 Å². The van der Waals surface area contributed by atoms with Crippen LogP contribution in [0.25, 0.3) is 11.1 Å². The van der Waals surface area contributed by atoms with E-state index in [0.717, 1.165) is 6.20 Å². The molecule has 1 aromatic heterocycles. The number of rotatable bonds is 1. The van der Waals surface area contributed by atoms with Gasteiger partial charge in [-0.15, -0.1) is 0 Å². The van der Waals surface area contributed by atoms with Crippen molar-refractivity contribution < 1.29 is 13.2 Å². The number of pyridine rings is 1. The molecule has 0 fully saturated rings. The van der Waals surface area contributed by atoms with Crippen LogP contribution in [0, 0.1) is 4.51 Å². The number of benzene rings is 1. The Morgan fingerprint density at radius 2 is 1.65 bits per heavy atom. The van der Waals surface area contributed by atoms with Crippen LogP contribution in [0.2, 0.25) is 0 Å². The maximum atomic E-state index is 12.7. The maximum Gasteiger partial charge on any atom is 0.419 e. The van der Waals surface area contributed by atoms with Gasteiger partial charge in [0, 0.05) is 18.0 Å². The van der Waals surface area contributed by atoms with Crippen LogP contribution >= 0.6 is 12.2 Å². The number of aromatic nitrogens is 1. The minimum atomic E-state index is -4.43. The average Bonchev–Trinajstić information content (AvgIpc) is 2.29. The summed E-state index contributed by atoms with van der Waals surface area (Å²) in [5.41, 5.74) is 0.240. The molecule has 0 spiro atoms. The summed E-state index contributed by atoms with van der Waals surface area (Å²) >= 11 is 4.88. The van der Waals surface area contributed by atoms with E-state index in [9.17, 15) is 13.2 Å². The van der Waals surface area contributed by atoms with Gasteiger partial charge >= 0.3 is 6.18 Å². The molecule has 0 unspecified atom stereocenters. The molecule has 17 heavy (non-hydrogen) atoms. The molecule has 1 heterocycles. The molecule has 0 saturated carbocycles. The highest BCUT2D eigenvalue weighted by Crippen LogP contribution is 2.33. The van der Waals surface area contributed by atoms with Crippen molar-refractivity contribution in [2.45, 2.75) is 6.18 Å². The van der Waals surface area contributed by atoms with Gasteiger partial charge in [-0.25, -0.2) is 0 Å². The number of alkyl halides is 3. The lowest BCUT2D eigenvalue weighted by Gasteiger charge is -2.09. The number of aromatic amines is 1. The molecule has 0 amide bonds. The fourth-order valence-corrected chi connectivity index (χ4v) is 1.88. The van der Waals surface area contributed by atoms with Crippen LogP contribution in [0.3, 0.4) is 0 Å². The molecular weight excluding hydrogens is 247 g/mol. The third kappa shape index (κ3) is 2.39. The van der Waals surface area contributed by atoms with Crippen molar-refractivity contribution >= 4 is 12.2 Å². The van der Waals surface area contributed by atoms with Gasteiger partial charge in [-0.2, -0.15) is 13.2 Å². The van der Waals surface area contributed by atoms with E-state index in [1.807, 2.05) is 0 Å². The van der Waals surface area contributed by atoms with E-state index in [0.29, 0.717) is 11.1 Å². The zero-order valence-electron chi connectivity index (χ0n) is 8.58. The molecule has 5 heteroatoms. The first-order chi connectivity index (χ1) is 8.00. The number of H-pyrrole nitrogens is 1. The molecule has 0 aliphatic rings. The zero-order valence-corrected chi connectivity index (χ0v) is 9.40. The lowest BCUT2D eigenvalue weighted by atomic mass is 10.1. The van der Waals surface area contributed by atoms with Crippen LogP contribution in [0.4, 0.5) is 13.2 Å². The predicted octanol–water partition coefficient (Wildman–Crippen LogP) is 4.43. The van der Waals surface area contributed by atoms with Crippen molar-refractivity contribution in [3.63, 3.8) is 0 Å². The Bertz CT molecular complexity index is 572. The Kier molecular flexibility index (Phi) is 3.02. The first kappa shape index (κ1) is 11.9. The van der Waals surface area contributed by atoms with Gasteiger partial charge in [-0.1, -0.05) is 42.5 Å². The highest BCUT2D eigenvalue weighted by Gasteiger charge is 2.32. The van der Waals surface area contributed by atoms with Gasteiger partial charge < -0.3 is 4.98 Å². The normalized spacial score (nSPS) is 11.5. The van der Waals surface area contributed by atoms with Gasteiger partial charge in [0.2, 0.25) is 0 Å². The summed E-state index contributed by atoms with van der Waals surface area (Å²) < 4.78 is 37.8. The molecule has 0 bridgehead atoms. The van der Waals surface area contributed by atoms with E-state index in [4.69, 9.17) is 12.2 Å². The predicted molar refractivity (Wildman–Crippen MR) is 62.1 cm³/mol. The minimum absolute atomic E-state index is 0.178. The number of hydrogen-bond donors (Lipinski definition) is 1. The van der Waals surface area contributed by atoms with E-state index in [1.165, 1.54) is 6.20 Å². The van der Waals surface area contributed by atoms with E-state index in [2.05, 4.69) is 4.98 Å². The largest absolute Gasteiger partial charge is 0.419 e. The zero-order chi connectivity index (χ0) is 12.5. The maximum absolute atomic E-state index is 12.7. The van der Waals surface area contributed by atoms with Crippen LogP contribution in [0.5, 0.6) is 0 Å². The minimum Gasteiger partial charge on any atom is -0.366 e. The highest BCUT2D eigenvalue weighted by atomic mass is 32.1. The Morgan fingerprint density at radius 3 is 2.24 bits per heavy atom. The van der Waals surface area contributed by atoms with Gasteiger partial charge in [0.15, 0.2) is 0 Å². The van der Waals surface area contributed by atoms with Crippen LogP contribution in [0.15, 0.2) is 42.7 Å². The topological polar surface area (TPSA) is 15.8 Å².